The number of likely N-dealkylation sites (tertiary alicyclic amines) is 1. The lowest BCUT2D eigenvalue weighted by atomic mass is 9.88. The number of nitrogens with zero attached hydrogens (tertiary/aromatic N) is 2. The Morgan fingerprint density at radius 2 is 1.84 bits per heavy atom. The maximum absolute atomic E-state index is 13.3. The van der Waals surface area contributed by atoms with E-state index in [2.05, 4.69) is 5.32 Å². The van der Waals surface area contributed by atoms with Gasteiger partial charge in [-0.15, -0.1) is 0 Å². The highest BCUT2D eigenvalue weighted by Gasteiger charge is 2.37. The molecule has 1 saturated carbocycles. The number of hydrogen-bond acceptors (Lipinski definition) is 5. The quantitative estimate of drug-likeness (QED) is 0.677. The zero-order chi connectivity index (χ0) is 21.8. The molecule has 1 aliphatic carbocycles. The summed E-state index contributed by atoms with van der Waals surface area (Å²) >= 11 is 0. The molecule has 1 saturated heterocycles. The smallest absolute Gasteiger partial charge is 0.291 e. The Hall–Kier alpha value is -2.57. The number of carbonyl (C=O) groups is 3. The van der Waals surface area contributed by atoms with E-state index >= 15 is 0 Å². The summed E-state index contributed by atoms with van der Waals surface area (Å²) in [6.45, 7) is 2.40. The number of anilines is 1. The van der Waals surface area contributed by atoms with Crippen LogP contribution in [0, 0.1) is 5.92 Å². The lowest BCUT2D eigenvalue weighted by Crippen LogP contribution is -2.47. The molecular formula is C24H33N3O4. The summed E-state index contributed by atoms with van der Waals surface area (Å²) in [4.78, 5) is 42.8. The average molecular weight is 428 g/mol. The monoisotopic (exact) mass is 427 g/mol. The van der Waals surface area contributed by atoms with Crippen molar-refractivity contribution in [1.29, 1.82) is 0 Å². The molecule has 1 atom stereocenters. The van der Waals surface area contributed by atoms with Gasteiger partial charge in [-0.1, -0.05) is 25.3 Å². The highest BCUT2D eigenvalue weighted by Crippen LogP contribution is 2.35. The predicted molar refractivity (Wildman–Crippen MR) is 118 cm³/mol. The molecule has 7 heteroatoms. The molecule has 1 aromatic rings. The lowest BCUT2D eigenvalue weighted by molar-refractivity contribution is -0.148. The van der Waals surface area contributed by atoms with Crippen molar-refractivity contribution in [2.75, 3.05) is 45.2 Å². The molecule has 2 aliphatic heterocycles. The minimum atomic E-state index is -0.524. The molecule has 1 N–H and O–H groups in total. The van der Waals surface area contributed by atoms with Crippen LogP contribution in [0.3, 0.4) is 0 Å². The van der Waals surface area contributed by atoms with E-state index in [1.807, 2.05) is 23.1 Å². The van der Waals surface area contributed by atoms with Gasteiger partial charge in [-0.05, 0) is 43.2 Å². The largest absolute Gasteiger partial charge is 0.497 e. The number of ketones is 1. The number of benzene rings is 1. The fraction of sp³-hybridized carbons (Fsp3) is 0.625. The summed E-state index contributed by atoms with van der Waals surface area (Å²) in [7, 11) is 1.60. The maximum atomic E-state index is 13.3. The molecule has 2 heterocycles. The third-order valence-corrected chi connectivity index (χ3v) is 6.94. The van der Waals surface area contributed by atoms with Crippen molar-refractivity contribution < 1.29 is 19.1 Å². The van der Waals surface area contributed by atoms with Crippen LogP contribution < -0.4 is 10.1 Å². The molecule has 0 aromatic heterocycles. The van der Waals surface area contributed by atoms with Crippen LogP contribution in [-0.2, 0) is 14.4 Å². The van der Waals surface area contributed by atoms with Crippen LogP contribution in [0.5, 0.6) is 5.75 Å². The van der Waals surface area contributed by atoms with Crippen LogP contribution in [0.4, 0.5) is 5.69 Å². The number of hydrogen-bond donors (Lipinski definition) is 1. The molecule has 1 unspecified atom stereocenters. The van der Waals surface area contributed by atoms with Gasteiger partial charge >= 0.3 is 0 Å². The number of amides is 2. The van der Waals surface area contributed by atoms with Crippen molar-refractivity contribution in [2.45, 2.75) is 50.9 Å². The summed E-state index contributed by atoms with van der Waals surface area (Å²) in [6, 6.07) is 5.52. The van der Waals surface area contributed by atoms with Gasteiger partial charge in [-0.25, -0.2) is 0 Å². The minimum Gasteiger partial charge on any atom is -0.497 e. The summed E-state index contributed by atoms with van der Waals surface area (Å²) in [5.74, 6) is -0.431. The molecule has 2 fully saturated rings. The number of nitrogens with one attached hydrogen (secondary N) is 1. The van der Waals surface area contributed by atoms with Gasteiger partial charge in [0.1, 0.15) is 12.3 Å². The van der Waals surface area contributed by atoms with Gasteiger partial charge in [0, 0.05) is 37.9 Å². The Kier molecular flexibility index (Phi) is 6.78. The van der Waals surface area contributed by atoms with Crippen LogP contribution in [0.15, 0.2) is 18.2 Å². The van der Waals surface area contributed by atoms with E-state index in [-0.39, 0.29) is 12.5 Å². The predicted octanol–water partition coefficient (Wildman–Crippen LogP) is 2.80. The number of carbonyl (C=O) groups excluding carboxylic acids is 3. The first-order valence-corrected chi connectivity index (χ1v) is 11.6. The molecule has 4 rings (SSSR count). The van der Waals surface area contributed by atoms with Gasteiger partial charge in [0.2, 0.25) is 11.7 Å². The Bertz CT molecular complexity index is 828. The number of methoxy groups -OCH3 is 1. The molecule has 7 nitrogen and oxygen atoms in total. The summed E-state index contributed by atoms with van der Waals surface area (Å²) < 4.78 is 5.26. The van der Waals surface area contributed by atoms with Crippen molar-refractivity contribution >= 4 is 23.3 Å². The van der Waals surface area contributed by atoms with Gasteiger partial charge in [0.25, 0.3) is 5.91 Å². The van der Waals surface area contributed by atoms with E-state index < -0.39 is 17.6 Å². The molecule has 0 bridgehead atoms. The van der Waals surface area contributed by atoms with Gasteiger partial charge in [0.05, 0.1) is 13.0 Å². The number of fused-ring (bicyclic) bond motifs is 1. The molecule has 0 spiro atoms. The van der Waals surface area contributed by atoms with E-state index in [1.165, 1.54) is 6.42 Å². The van der Waals surface area contributed by atoms with Gasteiger partial charge < -0.3 is 19.9 Å². The number of ether oxygens (including phenoxy) is 1. The average Bonchev–Trinajstić information content (AvgIpc) is 3.48. The molecule has 2 amide bonds. The fourth-order valence-corrected chi connectivity index (χ4v) is 5.11. The summed E-state index contributed by atoms with van der Waals surface area (Å²) in [5.41, 5.74) is 1.65. The molecule has 3 aliphatic rings. The zero-order valence-corrected chi connectivity index (χ0v) is 18.4. The Labute approximate surface area is 184 Å². The van der Waals surface area contributed by atoms with Crippen molar-refractivity contribution in [3.05, 3.63) is 23.8 Å². The first-order chi connectivity index (χ1) is 15.1. The van der Waals surface area contributed by atoms with E-state index in [0.29, 0.717) is 24.8 Å². The number of Topliss-reactive ketones (excluding diaryl/α,β-unsaturated/α-hetero) is 1. The van der Waals surface area contributed by atoms with Crippen LogP contribution in [0.25, 0.3) is 0 Å². The SMILES string of the molecule is COc1ccc2c(c1)NCC2C(=O)C(=O)N(CC(=O)N1CCCC1)CC1CCCCC1. The standard InChI is InChI=1S/C24H33N3O4/c1-31-18-9-10-19-20(14-25-21(19)13-18)23(29)24(30)27(15-17-7-3-2-4-8-17)16-22(28)26-11-5-6-12-26/h9-10,13,17,20,25H,2-8,11-12,14-16H2,1H3. The second kappa shape index (κ2) is 9.71. The van der Waals surface area contributed by atoms with Crippen molar-refractivity contribution in [1.82, 2.24) is 9.80 Å². The van der Waals surface area contributed by atoms with Crippen molar-refractivity contribution in [3.8, 4) is 5.75 Å². The van der Waals surface area contributed by atoms with E-state index in [0.717, 1.165) is 62.9 Å². The highest BCUT2D eigenvalue weighted by atomic mass is 16.5. The molecule has 1 aromatic carbocycles. The second-order valence-electron chi connectivity index (χ2n) is 9.03. The highest BCUT2D eigenvalue weighted by molar-refractivity contribution is 6.38. The van der Waals surface area contributed by atoms with E-state index in [4.69, 9.17) is 4.74 Å². The maximum Gasteiger partial charge on any atom is 0.291 e. The third kappa shape index (κ3) is 4.86. The fourth-order valence-electron chi connectivity index (χ4n) is 5.11. The van der Waals surface area contributed by atoms with E-state index in [9.17, 15) is 14.4 Å². The lowest BCUT2D eigenvalue weighted by Gasteiger charge is -2.30. The second-order valence-corrected chi connectivity index (χ2v) is 9.03. The first kappa shape index (κ1) is 21.7. The third-order valence-electron chi connectivity index (χ3n) is 6.94. The first-order valence-electron chi connectivity index (χ1n) is 11.6. The number of rotatable bonds is 7. The molecule has 168 valence electrons. The van der Waals surface area contributed by atoms with Crippen LogP contribution in [0.2, 0.25) is 0 Å². The molecular weight excluding hydrogens is 394 g/mol. The van der Waals surface area contributed by atoms with Crippen LogP contribution in [-0.4, -0.2) is 67.2 Å². The minimum absolute atomic E-state index is 0.0106. The van der Waals surface area contributed by atoms with Gasteiger partial charge in [0.15, 0.2) is 0 Å². The Morgan fingerprint density at radius 1 is 1.10 bits per heavy atom. The zero-order valence-electron chi connectivity index (χ0n) is 18.4. The van der Waals surface area contributed by atoms with Gasteiger partial charge in [-0.3, -0.25) is 14.4 Å². The topological polar surface area (TPSA) is 79.0 Å². The molecule has 0 radical (unpaired) electrons. The van der Waals surface area contributed by atoms with Crippen LogP contribution >= 0.6 is 0 Å². The van der Waals surface area contributed by atoms with E-state index in [1.54, 1.807) is 12.0 Å². The van der Waals surface area contributed by atoms with Crippen molar-refractivity contribution in [2.24, 2.45) is 5.92 Å². The summed E-state index contributed by atoms with van der Waals surface area (Å²) in [5, 5.41) is 3.22. The Morgan fingerprint density at radius 3 is 2.55 bits per heavy atom. The normalized spacial score (nSPS) is 20.8. The van der Waals surface area contributed by atoms with Crippen molar-refractivity contribution in [3.63, 3.8) is 0 Å². The Balaban J connectivity index is 1.49. The molecule has 31 heavy (non-hydrogen) atoms. The summed E-state index contributed by atoms with van der Waals surface area (Å²) in [6.07, 6.45) is 7.67. The van der Waals surface area contributed by atoms with Crippen LogP contribution in [0.1, 0.15) is 56.4 Å². The van der Waals surface area contributed by atoms with Gasteiger partial charge in [-0.2, -0.15) is 0 Å².